The van der Waals surface area contributed by atoms with Gasteiger partial charge in [0.25, 0.3) is 0 Å². The van der Waals surface area contributed by atoms with Crippen molar-refractivity contribution in [3.63, 3.8) is 0 Å². The fourth-order valence-corrected chi connectivity index (χ4v) is 2.39. The quantitative estimate of drug-likeness (QED) is 0.683. The Labute approximate surface area is 136 Å². The predicted octanol–water partition coefficient (Wildman–Crippen LogP) is 3.31. The topological polar surface area (TPSA) is 82.1 Å². The lowest BCUT2D eigenvalue weighted by Crippen LogP contribution is -2.24. The molecule has 2 aromatic carbocycles. The third kappa shape index (κ3) is 3.29. The zero-order chi connectivity index (χ0) is 17.3. The second kappa shape index (κ2) is 6.19. The van der Waals surface area contributed by atoms with Crippen LogP contribution in [0.25, 0.3) is 0 Å². The Morgan fingerprint density at radius 1 is 1.17 bits per heavy atom. The summed E-state index contributed by atoms with van der Waals surface area (Å²) in [4.78, 5) is 23.0. The first kappa shape index (κ1) is 15.8. The highest BCUT2D eigenvalue weighted by Crippen LogP contribution is 2.37. The largest absolute Gasteiger partial charge is 0.511 e. The number of Topliss-reactive ketones (excluding diaryl/α,β-unsaturated/α-hetero) is 1. The predicted molar refractivity (Wildman–Crippen MR) is 79.8 cm³/mol. The van der Waals surface area contributed by atoms with Gasteiger partial charge in [0.15, 0.2) is 17.3 Å². The van der Waals surface area contributed by atoms with E-state index in [1.165, 1.54) is 18.2 Å². The first-order chi connectivity index (χ1) is 11.4. The highest BCUT2D eigenvalue weighted by molar-refractivity contribution is 5.99. The number of fused-ring (bicyclic) bond motifs is 1. The van der Waals surface area contributed by atoms with E-state index in [4.69, 9.17) is 14.6 Å². The molecule has 1 heterocycles. The summed E-state index contributed by atoms with van der Waals surface area (Å²) in [7, 11) is 0. The van der Waals surface area contributed by atoms with Crippen molar-refractivity contribution in [1.82, 2.24) is 0 Å². The van der Waals surface area contributed by atoms with Gasteiger partial charge in [-0.05, 0) is 42.3 Å². The van der Waals surface area contributed by atoms with Gasteiger partial charge in [-0.15, -0.1) is 0 Å². The lowest BCUT2D eigenvalue weighted by atomic mass is 9.98. The van der Waals surface area contributed by atoms with E-state index in [1.54, 1.807) is 25.1 Å². The molecular weight excluding hydrogens is 319 g/mol. The molecule has 124 valence electrons. The van der Waals surface area contributed by atoms with Crippen LogP contribution in [0.1, 0.15) is 21.5 Å². The van der Waals surface area contributed by atoms with E-state index in [2.05, 4.69) is 4.74 Å². The molecule has 1 N–H and O–H groups in total. The number of aryl methyl sites for hydroxylation is 1. The molecule has 0 aliphatic carbocycles. The number of hydrogen-bond donors (Lipinski definition) is 1. The van der Waals surface area contributed by atoms with E-state index >= 15 is 0 Å². The van der Waals surface area contributed by atoms with Gasteiger partial charge in [-0.1, -0.05) is 12.1 Å². The Morgan fingerprint density at radius 2 is 1.79 bits per heavy atom. The minimum atomic E-state index is -1.53. The van der Waals surface area contributed by atoms with Gasteiger partial charge in [0.2, 0.25) is 0 Å². The summed E-state index contributed by atoms with van der Waals surface area (Å²) in [5.74, 6) is -0.00516. The Morgan fingerprint density at radius 3 is 2.42 bits per heavy atom. The SMILES string of the molecule is Cc1cc2c(cc1C(=O)Cc1ccc(F)cc1)OC(OC(=O)O)O2. The summed E-state index contributed by atoms with van der Waals surface area (Å²) in [5.41, 5.74) is 1.75. The molecule has 24 heavy (non-hydrogen) atoms. The van der Waals surface area contributed by atoms with E-state index in [0.717, 1.165) is 0 Å². The molecule has 7 heteroatoms. The van der Waals surface area contributed by atoms with Gasteiger partial charge in [-0.3, -0.25) is 4.79 Å². The average molecular weight is 332 g/mol. The van der Waals surface area contributed by atoms with E-state index in [0.29, 0.717) is 22.4 Å². The minimum Gasteiger partial charge on any atom is -0.450 e. The minimum absolute atomic E-state index is 0.107. The maximum atomic E-state index is 12.9. The average Bonchev–Trinajstić information content (AvgIpc) is 2.88. The fraction of sp³-hybridized carbons (Fsp3) is 0.176. The lowest BCUT2D eigenvalue weighted by molar-refractivity contribution is -0.147. The Kier molecular flexibility index (Phi) is 4.07. The molecule has 0 bridgehead atoms. The number of ether oxygens (including phenoxy) is 3. The Hall–Kier alpha value is -3.09. The van der Waals surface area contributed by atoms with Crippen LogP contribution in [0.5, 0.6) is 11.5 Å². The molecule has 1 aliphatic heterocycles. The summed E-state index contributed by atoms with van der Waals surface area (Å²) in [5, 5.41) is 8.57. The van der Waals surface area contributed by atoms with E-state index < -0.39 is 12.6 Å². The maximum absolute atomic E-state index is 12.9. The number of rotatable bonds is 4. The number of carbonyl (C=O) groups is 2. The summed E-state index contributed by atoms with van der Waals surface area (Å²) in [6.45, 7) is 0.340. The summed E-state index contributed by atoms with van der Waals surface area (Å²) in [6, 6.07) is 8.75. The van der Waals surface area contributed by atoms with Crippen LogP contribution in [0.3, 0.4) is 0 Å². The molecule has 0 saturated carbocycles. The monoisotopic (exact) mass is 332 g/mol. The summed E-state index contributed by atoms with van der Waals surface area (Å²) in [6.07, 6.45) is -1.42. The van der Waals surface area contributed by atoms with Crippen molar-refractivity contribution in [2.24, 2.45) is 0 Å². The van der Waals surface area contributed by atoms with Gasteiger partial charge in [0.05, 0.1) is 0 Å². The van der Waals surface area contributed by atoms with Crippen LogP contribution in [-0.2, 0) is 11.2 Å². The summed E-state index contributed by atoms with van der Waals surface area (Å²) >= 11 is 0. The molecule has 0 amide bonds. The van der Waals surface area contributed by atoms with Crippen molar-refractivity contribution < 1.29 is 33.3 Å². The highest BCUT2D eigenvalue weighted by Gasteiger charge is 2.29. The number of carboxylic acid groups (broad SMARTS) is 1. The Bertz CT molecular complexity index is 799. The smallest absolute Gasteiger partial charge is 0.450 e. The lowest BCUT2D eigenvalue weighted by Gasteiger charge is -2.07. The normalized spacial score (nSPS) is 15.2. The van der Waals surface area contributed by atoms with E-state index in [9.17, 15) is 14.0 Å². The number of ketones is 1. The zero-order valence-corrected chi connectivity index (χ0v) is 12.6. The molecule has 0 spiro atoms. The number of benzene rings is 2. The van der Waals surface area contributed by atoms with Crippen LogP contribution in [0.15, 0.2) is 36.4 Å². The second-order valence-corrected chi connectivity index (χ2v) is 5.25. The van der Waals surface area contributed by atoms with Crippen LogP contribution in [0, 0.1) is 12.7 Å². The molecule has 0 fully saturated rings. The maximum Gasteiger partial charge on any atom is 0.511 e. The Balaban J connectivity index is 1.79. The second-order valence-electron chi connectivity index (χ2n) is 5.25. The molecule has 2 aromatic rings. The van der Waals surface area contributed by atoms with Crippen molar-refractivity contribution in [1.29, 1.82) is 0 Å². The van der Waals surface area contributed by atoms with Crippen molar-refractivity contribution >= 4 is 11.9 Å². The molecule has 1 unspecified atom stereocenters. The van der Waals surface area contributed by atoms with Gasteiger partial charge < -0.3 is 19.3 Å². The van der Waals surface area contributed by atoms with Crippen LogP contribution in [0.2, 0.25) is 0 Å². The number of halogens is 1. The van der Waals surface area contributed by atoms with E-state index in [-0.39, 0.29) is 23.8 Å². The molecule has 0 aromatic heterocycles. The number of carbonyl (C=O) groups excluding carboxylic acids is 1. The molecule has 3 rings (SSSR count). The molecule has 6 nitrogen and oxygen atoms in total. The third-order valence-corrected chi connectivity index (χ3v) is 3.51. The first-order valence-corrected chi connectivity index (χ1v) is 7.07. The molecule has 0 saturated heterocycles. The van der Waals surface area contributed by atoms with Gasteiger partial charge in [-0.25, -0.2) is 9.18 Å². The van der Waals surface area contributed by atoms with Crippen molar-refractivity contribution in [3.8, 4) is 11.5 Å². The fourth-order valence-electron chi connectivity index (χ4n) is 2.39. The van der Waals surface area contributed by atoms with Gasteiger partial charge >= 0.3 is 12.6 Å². The standard InChI is InChI=1S/C17H13FO6/c1-9-6-14-15(23-17(22-14)24-16(20)21)8-12(9)13(19)7-10-2-4-11(18)5-3-10/h2-6,8,17H,7H2,1H3,(H,20,21). The molecule has 1 atom stereocenters. The molecular formula is C17H13FO6. The van der Waals surface area contributed by atoms with Gasteiger partial charge in [0.1, 0.15) is 5.82 Å². The molecule has 1 aliphatic rings. The van der Waals surface area contributed by atoms with Crippen LogP contribution in [0.4, 0.5) is 9.18 Å². The van der Waals surface area contributed by atoms with Crippen LogP contribution < -0.4 is 9.47 Å². The van der Waals surface area contributed by atoms with E-state index in [1.807, 2.05) is 0 Å². The van der Waals surface area contributed by atoms with Crippen LogP contribution >= 0.6 is 0 Å². The van der Waals surface area contributed by atoms with Crippen molar-refractivity contribution in [2.45, 2.75) is 19.8 Å². The number of hydrogen-bond acceptors (Lipinski definition) is 5. The van der Waals surface area contributed by atoms with Gasteiger partial charge in [0, 0.05) is 12.0 Å². The highest BCUT2D eigenvalue weighted by atomic mass is 19.1. The van der Waals surface area contributed by atoms with Crippen molar-refractivity contribution in [3.05, 3.63) is 58.9 Å². The third-order valence-electron chi connectivity index (χ3n) is 3.51. The first-order valence-electron chi connectivity index (χ1n) is 7.07. The van der Waals surface area contributed by atoms with Crippen molar-refractivity contribution in [2.75, 3.05) is 0 Å². The van der Waals surface area contributed by atoms with Gasteiger partial charge in [-0.2, -0.15) is 0 Å². The van der Waals surface area contributed by atoms with Crippen LogP contribution in [-0.4, -0.2) is 23.5 Å². The molecule has 0 radical (unpaired) electrons. The summed E-state index contributed by atoms with van der Waals surface area (Å²) < 4.78 is 27.7. The zero-order valence-electron chi connectivity index (χ0n) is 12.6.